The van der Waals surface area contributed by atoms with Gasteiger partial charge in [0.2, 0.25) is 0 Å². The van der Waals surface area contributed by atoms with Gasteiger partial charge in [-0.2, -0.15) is 0 Å². The van der Waals surface area contributed by atoms with Crippen LogP contribution in [0.3, 0.4) is 0 Å². The number of aromatic nitrogens is 5. The molecule has 2 aliphatic rings. The molecular weight excluding hydrogens is 555 g/mol. The predicted molar refractivity (Wildman–Crippen MR) is 147 cm³/mol. The zero-order chi connectivity index (χ0) is 29.8. The number of nitrogens with two attached hydrogens (primary N) is 1. The maximum atomic E-state index is 12.5. The number of rotatable bonds is 9. The number of aryl methyl sites for hydroxylation is 1. The van der Waals surface area contributed by atoms with Crippen LogP contribution in [0.5, 0.6) is 5.75 Å². The second-order valence-electron chi connectivity index (χ2n) is 11.5. The van der Waals surface area contributed by atoms with Crippen LogP contribution in [0.25, 0.3) is 22.1 Å². The second kappa shape index (κ2) is 11.0. The number of imidazole rings is 1. The summed E-state index contributed by atoms with van der Waals surface area (Å²) >= 11 is 0. The molecule has 1 aliphatic heterocycles. The Morgan fingerprint density at radius 1 is 1.19 bits per heavy atom. The Morgan fingerprint density at radius 3 is 2.71 bits per heavy atom. The van der Waals surface area contributed by atoms with Gasteiger partial charge in [0, 0.05) is 37.3 Å². The van der Waals surface area contributed by atoms with E-state index in [-0.39, 0.29) is 11.8 Å². The fourth-order valence-electron chi connectivity index (χ4n) is 6.20. The van der Waals surface area contributed by atoms with Crippen molar-refractivity contribution in [2.75, 3.05) is 12.3 Å². The number of alkyl halides is 3. The molecule has 1 aliphatic carbocycles. The van der Waals surface area contributed by atoms with Crippen molar-refractivity contribution in [3.05, 3.63) is 42.6 Å². The number of nitrogens with zero attached hydrogens (tertiary/aromatic N) is 5. The van der Waals surface area contributed by atoms with Crippen LogP contribution in [0.1, 0.15) is 45.2 Å². The molecule has 226 valence electrons. The number of benzene rings is 1. The average Bonchev–Trinajstić information content (AvgIpc) is 3.58. The molecular formula is C28H34F3N7O4. The van der Waals surface area contributed by atoms with E-state index in [0.717, 1.165) is 25.1 Å². The SMILES string of the molecule is CC(C)N(C[C@H]1O[C@@H](n2ccc3c(N)ncnc32)[C@H](O)[C@@H]1O)C1CC(CCc2nc3ccc(OC(F)(F)F)cc3[nH]2)C1. The molecule has 1 saturated heterocycles. The minimum Gasteiger partial charge on any atom is -0.406 e. The Hall–Kier alpha value is -3.46. The smallest absolute Gasteiger partial charge is 0.406 e. The Labute approximate surface area is 239 Å². The van der Waals surface area contributed by atoms with Crippen molar-refractivity contribution in [3.8, 4) is 5.75 Å². The molecule has 6 rings (SSSR count). The van der Waals surface area contributed by atoms with Crippen molar-refractivity contribution in [2.45, 2.75) is 82.5 Å². The average molecular weight is 590 g/mol. The highest BCUT2D eigenvalue weighted by Crippen LogP contribution is 2.39. The summed E-state index contributed by atoms with van der Waals surface area (Å²) in [6.07, 6.45) is -1.75. The number of halogens is 3. The Bertz CT molecular complexity index is 1550. The lowest BCUT2D eigenvalue weighted by molar-refractivity contribution is -0.274. The van der Waals surface area contributed by atoms with E-state index in [9.17, 15) is 23.4 Å². The summed E-state index contributed by atoms with van der Waals surface area (Å²) in [6, 6.07) is 6.35. The Kier molecular flexibility index (Phi) is 7.50. The maximum Gasteiger partial charge on any atom is 0.573 e. The summed E-state index contributed by atoms with van der Waals surface area (Å²) in [5.74, 6) is 1.25. The molecule has 4 heterocycles. The fraction of sp³-hybridized carbons (Fsp3) is 0.536. The van der Waals surface area contributed by atoms with E-state index in [0.29, 0.717) is 52.8 Å². The van der Waals surface area contributed by atoms with Crippen LogP contribution in [-0.4, -0.2) is 82.9 Å². The largest absolute Gasteiger partial charge is 0.573 e. The van der Waals surface area contributed by atoms with Crippen LogP contribution >= 0.6 is 0 Å². The quantitative estimate of drug-likeness (QED) is 0.230. The third-order valence-corrected chi connectivity index (χ3v) is 8.41. The summed E-state index contributed by atoms with van der Waals surface area (Å²) in [5, 5.41) is 22.4. The van der Waals surface area contributed by atoms with Crippen LogP contribution in [-0.2, 0) is 11.2 Å². The maximum absolute atomic E-state index is 12.5. The molecule has 5 N–H and O–H groups in total. The van der Waals surface area contributed by atoms with Crippen molar-refractivity contribution < 1.29 is 32.9 Å². The molecule has 0 spiro atoms. The second-order valence-corrected chi connectivity index (χ2v) is 11.5. The summed E-state index contributed by atoms with van der Waals surface area (Å²) in [5.41, 5.74) is 7.58. The molecule has 0 amide bonds. The highest BCUT2D eigenvalue weighted by molar-refractivity contribution is 5.86. The van der Waals surface area contributed by atoms with Gasteiger partial charge in [-0.25, -0.2) is 15.0 Å². The van der Waals surface area contributed by atoms with Crippen molar-refractivity contribution in [1.29, 1.82) is 0 Å². The molecule has 3 aromatic heterocycles. The van der Waals surface area contributed by atoms with Gasteiger partial charge in [0.1, 0.15) is 47.7 Å². The highest BCUT2D eigenvalue weighted by atomic mass is 19.4. The topological polar surface area (TPSA) is 148 Å². The lowest BCUT2D eigenvalue weighted by Crippen LogP contribution is -2.52. The van der Waals surface area contributed by atoms with E-state index in [1.807, 2.05) is 0 Å². The first-order valence-electron chi connectivity index (χ1n) is 14.1. The molecule has 0 radical (unpaired) electrons. The van der Waals surface area contributed by atoms with E-state index in [1.54, 1.807) is 16.8 Å². The number of fused-ring (bicyclic) bond motifs is 2. The van der Waals surface area contributed by atoms with Gasteiger partial charge >= 0.3 is 6.36 Å². The van der Waals surface area contributed by atoms with E-state index in [4.69, 9.17) is 10.5 Å². The van der Waals surface area contributed by atoms with Gasteiger partial charge in [-0.15, -0.1) is 13.2 Å². The van der Waals surface area contributed by atoms with Gasteiger partial charge in [-0.3, -0.25) is 4.90 Å². The zero-order valence-electron chi connectivity index (χ0n) is 23.2. The van der Waals surface area contributed by atoms with Crippen molar-refractivity contribution in [3.63, 3.8) is 0 Å². The lowest BCUT2D eigenvalue weighted by atomic mass is 9.76. The lowest BCUT2D eigenvalue weighted by Gasteiger charge is -2.46. The van der Waals surface area contributed by atoms with Crippen molar-refractivity contribution in [2.24, 2.45) is 5.92 Å². The number of H-pyrrole nitrogens is 1. The summed E-state index contributed by atoms with van der Waals surface area (Å²) < 4.78 is 49.5. The first-order chi connectivity index (χ1) is 20.0. The van der Waals surface area contributed by atoms with Crippen molar-refractivity contribution >= 4 is 27.9 Å². The van der Waals surface area contributed by atoms with Gasteiger partial charge < -0.3 is 35.0 Å². The highest BCUT2D eigenvalue weighted by Gasteiger charge is 2.46. The van der Waals surface area contributed by atoms with Crippen LogP contribution < -0.4 is 10.5 Å². The summed E-state index contributed by atoms with van der Waals surface area (Å²) in [6.45, 7) is 4.67. The standard InChI is InChI=1S/C28H34F3N7O4/c1-14(2)38(12-21-23(39)24(40)27(41-21)37-8-7-18-25(32)33-13-34-26(18)37)16-9-15(10-16)3-6-22-35-19-5-4-17(11-20(19)36-22)42-28(29,30)31/h4-5,7-8,11,13-16,21,23-24,27,39-40H,3,6,9-10,12H2,1-2H3,(H,35,36)(H2,32,33,34)/t15?,16?,21-,23-,24-,27-/m1/s1. The molecule has 1 aromatic carbocycles. The number of anilines is 1. The van der Waals surface area contributed by atoms with Crippen LogP contribution in [0, 0.1) is 5.92 Å². The first kappa shape index (κ1) is 28.6. The molecule has 11 nitrogen and oxygen atoms in total. The first-order valence-corrected chi connectivity index (χ1v) is 14.1. The number of nitrogens with one attached hydrogen (secondary N) is 1. The monoisotopic (exact) mass is 589 g/mol. The van der Waals surface area contributed by atoms with Gasteiger partial charge in [0.05, 0.1) is 16.4 Å². The van der Waals surface area contributed by atoms with Gasteiger partial charge in [0.25, 0.3) is 0 Å². The molecule has 42 heavy (non-hydrogen) atoms. The molecule has 14 heteroatoms. The number of nitrogen functional groups attached to an aromatic ring is 1. The van der Waals surface area contributed by atoms with Gasteiger partial charge in [-0.1, -0.05) is 0 Å². The number of hydrogen-bond donors (Lipinski definition) is 4. The van der Waals surface area contributed by atoms with Crippen LogP contribution in [0.2, 0.25) is 0 Å². The van der Waals surface area contributed by atoms with E-state index >= 15 is 0 Å². The predicted octanol–water partition coefficient (Wildman–Crippen LogP) is 3.53. The van der Waals surface area contributed by atoms with E-state index in [1.165, 1.54) is 24.5 Å². The zero-order valence-corrected chi connectivity index (χ0v) is 23.2. The van der Waals surface area contributed by atoms with Crippen LogP contribution in [0.15, 0.2) is 36.8 Å². The number of aliphatic hydroxyl groups excluding tert-OH is 2. The molecule has 4 aromatic rings. The molecule has 0 unspecified atom stereocenters. The van der Waals surface area contributed by atoms with Crippen LogP contribution in [0.4, 0.5) is 19.0 Å². The number of hydrogen-bond acceptors (Lipinski definition) is 9. The van der Waals surface area contributed by atoms with Crippen molar-refractivity contribution in [1.82, 2.24) is 29.4 Å². The Morgan fingerprint density at radius 2 is 1.98 bits per heavy atom. The summed E-state index contributed by atoms with van der Waals surface area (Å²) in [7, 11) is 0. The van der Waals surface area contributed by atoms with E-state index in [2.05, 4.69) is 43.4 Å². The third kappa shape index (κ3) is 5.63. The normalized spacial score (nSPS) is 26.5. The molecule has 0 bridgehead atoms. The fourth-order valence-corrected chi connectivity index (χ4v) is 6.20. The molecule has 4 atom stereocenters. The number of ether oxygens (including phenoxy) is 2. The third-order valence-electron chi connectivity index (χ3n) is 8.41. The number of aliphatic hydroxyl groups is 2. The minimum atomic E-state index is -4.74. The van der Waals surface area contributed by atoms with E-state index < -0.39 is 30.9 Å². The Balaban J connectivity index is 1.04. The summed E-state index contributed by atoms with van der Waals surface area (Å²) in [4.78, 5) is 18.2. The molecule has 1 saturated carbocycles. The number of aromatic amines is 1. The van der Waals surface area contributed by atoms with Gasteiger partial charge in [-0.05, 0) is 57.2 Å². The minimum absolute atomic E-state index is 0.200. The molecule has 2 fully saturated rings. The van der Waals surface area contributed by atoms with Gasteiger partial charge in [0.15, 0.2) is 6.23 Å².